The fraction of sp³-hybridized carbons (Fsp3) is 0.133. The first kappa shape index (κ1) is 15.6. The minimum Gasteiger partial charge on any atom is -0.389 e. The van der Waals surface area contributed by atoms with Crippen LogP contribution in [0.4, 0.5) is 5.69 Å². The van der Waals surface area contributed by atoms with Crippen molar-refractivity contribution in [3.8, 4) is 0 Å². The molecule has 0 fully saturated rings. The highest BCUT2D eigenvalue weighted by Crippen LogP contribution is 2.22. The third-order valence-corrected chi connectivity index (χ3v) is 3.71. The van der Waals surface area contributed by atoms with Crippen LogP contribution in [0.1, 0.15) is 28.5 Å². The van der Waals surface area contributed by atoms with Gasteiger partial charge >= 0.3 is 0 Å². The van der Waals surface area contributed by atoms with E-state index in [1.807, 2.05) is 25.1 Å². The largest absolute Gasteiger partial charge is 0.389 e. The highest BCUT2D eigenvalue weighted by molar-refractivity contribution is 9.10. The number of hydrogen-bond donors (Lipinski definition) is 2. The number of carbonyl (C=O) groups is 1. The topological polar surface area (TPSA) is 68.0 Å². The Bertz CT molecular complexity index is 686. The molecule has 1 aromatic carbocycles. The molecule has 0 spiro atoms. The standard InChI is InChI=1S/C15H14BrN3OS/c1-2-9-7-11(16)4-6-12(9)19-15(20)13-5-3-10(8-18-13)14(17)21/h3-8H,2H2,1H3,(H2,17,21)(H,19,20). The Morgan fingerprint density at radius 2 is 2.14 bits per heavy atom. The molecule has 1 heterocycles. The summed E-state index contributed by atoms with van der Waals surface area (Å²) in [6, 6.07) is 9.03. The van der Waals surface area contributed by atoms with Gasteiger partial charge < -0.3 is 11.1 Å². The lowest BCUT2D eigenvalue weighted by Gasteiger charge is -2.10. The van der Waals surface area contributed by atoms with E-state index >= 15 is 0 Å². The number of halogens is 1. The minimum absolute atomic E-state index is 0.260. The van der Waals surface area contributed by atoms with Crippen LogP contribution < -0.4 is 11.1 Å². The number of hydrogen-bond acceptors (Lipinski definition) is 3. The molecule has 0 atom stereocenters. The second-order valence-electron chi connectivity index (χ2n) is 4.41. The molecular weight excluding hydrogens is 350 g/mol. The fourth-order valence-electron chi connectivity index (χ4n) is 1.84. The van der Waals surface area contributed by atoms with Gasteiger partial charge in [0, 0.05) is 21.9 Å². The maximum Gasteiger partial charge on any atom is 0.274 e. The summed E-state index contributed by atoms with van der Waals surface area (Å²) in [5.41, 5.74) is 8.30. The fourth-order valence-corrected chi connectivity index (χ4v) is 2.37. The zero-order chi connectivity index (χ0) is 15.4. The van der Waals surface area contributed by atoms with Crippen LogP contribution in [0, 0.1) is 0 Å². The van der Waals surface area contributed by atoms with Gasteiger partial charge in [0.2, 0.25) is 0 Å². The Balaban J connectivity index is 2.19. The molecule has 0 saturated carbocycles. The van der Waals surface area contributed by atoms with Gasteiger partial charge in [-0.3, -0.25) is 9.78 Å². The van der Waals surface area contributed by atoms with Gasteiger partial charge in [0.1, 0.15) is 10.7 Å². The van der Waals surface area contributed by atoms with E-state index in [1.54, 1.807) is 12.1 Å². The molecule has 0 unspecified atom stereocenters. The number of benzene rings is 1. The summed E-state index contributed by atoms with van der Waals surface area (Å²) in [5.74, 6) is -0.262. The van der Waals surface area contributed by atoms with Crippen molar-refractivity contribution in [1.29, 1.82) is 0 Å². The summed E-state index contributed by atoms with van der Waals surface area (Å²) < 4.78 is 0.983. The van der Waals surface area contributed by atoms with Crippen molar-refractivity contribution in [2.75, 3.05) is 5.32 Å². The van der Waals surface area contributed by atoms with Gasteiger partial charge in [-0.05, 0) is 42.3 Å². The van der Waals surface area contributed by atoms with Crippen molar-refractivity contribution in [2.45, 2.75) is 13.3 Å². The number of thiocarbonyl (C=S) groups is 1. The Kier molecular flexibility index (Phi) is 5.03. The Morgan fingerprint density at radius 3 is 2.71 bits per heavy atom. The van der Waals surface area contributed by atoms with Gasteiger partial charge in [-0.2, -0.15) is 0 Å². The van der Waals surface area contributed by atoms with E-state index in [9.17, 15) is 4.79 Å². The van der Waals surface area contributed by atoms with E-state index in [1.165, 1.54) is 6.20 Å². The molecule has 2 rings (SSSR count). The van der Waals surface area contributed by atoms with Gasteiger partial charge in [-0.1, -0.05) is 35.1 Å². The molecule has 6 heteroatoms. The van der Waals surface area contributed by atoms with E-state index in [0.717, 1.165) is 22.1 Å². The molecule has 108 valence electrons. The predicted molar refractivity (Wildman–Crippen MR) is 91.6 cm³/mol. The molecule has 0 saturated heterocycles. The Morgan fingerprint density at radius 1 is 1.38 bits per heavy atom. The van der Waals surface area contributed by atoms with Crippen LogP contribution in [-0.2, 0) is 6.42 Å². The van der Waals surface area contributed by atoms with Crippen LogP contribution >= 0.6 is 28.1 Å². The normalized spacial score (nSPS) is 10.2. The third-order valence-electron chi connectivity index (χ3n) is 2.98. The van der Waals surface area contributed by atoms with Gasteiger partial charge in [-0.15, -0.1) is 0 Å². The molecule has 0 bridgehead atoms. The summed E-state index contributed by atoms with van der Waals surface area (Å²) in [4.78, 5) is 16.5. The summed E-state index contributed by atoms with van der Waals surface area (Å²) in [6.45, 7) is 2.03. The molecule has 2 aromatic rings. The lowest BCUT2D eigenvalue weighted by Crippen LogP contribution is -2.16. The maximum absolute atomic E-state index is 12.2. The molecule has 21 heavy (non-hydrogen) atoms. The number of nitrogens with two attached hydrogens (primary N) is 1. The van der Waals surface area contributed by atoms with Crippen molar-refractivity contribution >= 4 is 44.7 Å². The minimum atomic E-state index is -0.262. The van der Waals surface area contributed by atoms with E-state index in [2.05, 4.69) is 26.2 Å². The highest BCUT2D eigenvalue weighted by atomic mass is 79.9. The van der Waals surface area contributed by atoms with E-state index < -0.39 is 0 Å². The predicted octanol–water partition coefficient (Wildman–Crippen LogP) is 3.29. The molecule has 1 amide bonds. The number of nitrogens with one attached hydrogen (secondary N) is 1. The smallest absolute Gasteiger partial charge is 0.274 e. The second kappa shape index (κ2) is 6.78. The Labute approximate surface area is 136 Å². The van der Waals surface area contributed by atoms with E-state index in [0.29, 0.717) is 11.3 Å². The quantitative estimate of drug-likeness (QED) is 0.817. The summed E-state index contributed by atoms with van der Waals surface area (Å²) in [7, 11) is 0. The van der Waals surface area contributed by atoms with E-state index in [4.69, 9.17) is 18.0 Å². The third kappa shape index (κ3) is 3.86. The van der Waals surface area contributed by atoms with E-state index in [-0.39, 0.29) is 10.9 Å². The number of anilines is 1. The molecule has 0 aliphatic rings. The van der Waals surface area contributed by atoms with Crippen LogP contribution in [0.2, 0.25) is 0 Å². The first-order valence-corrected chi connectivity index (χ1v) is 7.57. The summed E-state index contributed by atoms with van der Waals surface area (Å²) in [5, 5.41) is 2.87. The SMILES string of the molecule is CCc1cc(Br)ccc1NC(=O)c1ccc(C(N)=S)cn1. The number of carbonyl (C=O) groups excluding carboxylic acids is 1. The first-order chi connectivity index (χ1) is 10.0. The molecule has 0 radical (unpaired) electrons. The molecule has 0 aliphatic heterocycles. The number of aromatic nitrogens is 1. The van der Waals surface area contributed by atoms with Crippen molar-refractivity contribution in [3.63, 3.8) is 0 Å². The lowest BCUT2D eigenvalue weighted by molar-refractivity contribution is 0.102. The van der Waals surface area contributed by atoms with Crippen LogP contribution in [0.3, 0.4) is 0 Å². The van der Waals surface area contributed by atoms with Crippen molar-refractivity contribution in [2.24, 2.45) is 5.73 Å². The van der Waals surface area contributed by atoms with Crippen molar-refractivity contribution < 1.29 is 4.79 Å². The van der Waals surface area contributed by atoms with Gasteiger partial charge in [0.15, 0.2) is 0 Å². The maximum atomic E-state index is 12.2. The molecular formula is C15H14BrN3OS. The molecule has 0 aliphatic carbocycles. The zero-order valence-corrected chi connectivity index (χ0v) is 13.8. The number of nitrogens with zero attached hydrogens (tertiary/aromatic N) is 1. The average Bonchev–Trinajstić information content (AvgIpc) is 2.49. The van der Waals surface area contributed by atoms with Crippen LogP contribution in [0.5, 0.6) is 0 Å². The number of amides is 1. The average molecular weight is 364 g/mol. The van der Waals surface area contributed by atoms with Gasteiger partial charge in [0.05, 0.1) is 0 Å². The molecule has 3 N–H and O–H groups in total. The van der Waals surface area contributed by atoms with Crippen molar-refractivity contribution in [1.82, 2.24) is 4.98 Å². The number of pyridine rings is 1. The van der Waals surface area contributed by atoms with Crippen LogP contribution in [0.25, 0.3) is 0 Å². The molecule has 4 nitrogen and oxygen atoms in total. The monoisotopic (exact) mass is 363 g/mol. The number of rotatable bonds is 4. The molecule has 1 aromatic heterocycles. The van der Waals surface area contributed by atoms with Crippen LogP contribution in [-0.4, -0.2) is 15.9 Å². The zero-order valence-electron chi connectivity index (χ0n) is 11.4. The van der Waals surface area contributed by atoms with Crippen LogP contribution in [0.15, 0.2) is 41.0 Å². The second-order valence-corrected chi connectivity index (χ2v) is 5.76. The summed E-state index contributed by atoms with van der Waals surface area (Å²) in [6.07, 6.45) is 2.32. The van der Waals surface area contributed by atoms with Gasteiger partial charge in [0.25, 0.3) is 5.91 Å². The van der Waals surface area contributed by atoms with Gasteiger partial charge in [-0.25, -0.2) is 0 Å². The lowest BCUT2D eigenvalue weighted by atomic mass is 10.1. The Hall–Kier alpha value is -1.79. The van der Waals surface area contributed by atoms with Crippen molar-refractivity contribution in [3.05, 3.63) is 57.8 Å². The number of aryl methyl sites for hydroxylation is 1. The summed E-state index contributed by atoms with van der Waals surface area (Å²) >= 11 is 8.27. The highest BCUT2D eigenvalue weighted by Gasteiger charge is 2.10. The first-order valence-electron chi connectivity index (χ1n) is 6.37.